The van der Waals surface area contributed by atoms with Crippen molar-refractivity contribution in [1.29, 1.82) is 0 Å². The maximum absolute atomic E-state index is 12.0. The lowest BCUT2D eigenvalue weighted by atomic mass is 10.0. The second kappa shape index (κ2) is 22.1. The van der Waals surface area contributed by atoms with Gasteiger partial charge >= 0.3 is 0 Å². The predicted molar refractivity (Wildman–Crippen MR) is 138 cm³/mol. The zero-order valence-corrected chi connectivity index (χ0v) is 20.9. The van der Waals surface area contributed by atoms with Gasteiger partial charge in [-0.15, -0.1) is 0 Å². The van der Waals surface area contributed by atoms with Crippen LogP contribution in [0.4, 0.5) is 0 Å². The third-order valence-electron chi connectivity index (χ3n) is 6.60. The molecule has 1 nitrogen and oxygen atoms in total. The zero-order valence-electron chi connectivity index (χ0n) is 20.9. The number of hydrogen-bond acceptors (Lipinski definition) is 1. The van der Waals surface area contributed by atoms with Gasteiger partial charge in [0.15, 0.2) is 5.78 Å². The van der Waals surface area contributed by atoms with E-state index in [4.69, 9.17) is 0 Å². The molecule has 0 N–H and O–H groups in total. The number of hydrogen-bond donors (Lipinski definition) is 0. The van der Waals surface area contributed by atoms with Crippen molar-refractivity contribution in [3.63, 3.8) is 0 Å². The number of Topliss-reactive ketones (excluding diaryl/α,β-unsaturated/α-hetero) is 1. The van der Waals surface area contributed by atoms with Crippen LogP contribution in [-0.2, 0) is 0 Å². The third-order valence-corrected chi connectivity index (χ3v) is 6.60. The van der Waals surface area contributed by atoms with Gasteiger partial charge in [-0.3, -0.25) is 4.79 Å². The van der Waals surface area contributed by atoms with Crippen molar-refractivity contribution in [1.82, 2.24) is 0 Å². The molecule has 31 heavy (non-hydrogen) atoms. The summed E-state index contributed by atoms with van der Waals surface area (Å²) in [5.74, 6) is 0.304. The van der Waals surface area contributed by atoms with Gasteiger partial charge in [0.1, 0.15) is 0 Å². The lowest BCUT2D eigenvalue weighted by molar-refractivity contribution is 0.0979. The second-order valence-electron chi connectivity index (χ2n) is 9.61. The highest BCUT2D eigenvalue weighted by molar-refractivity contribution is 5.95. The summed E-state index contributed by atoms with van der Waals surface area (Å²) in [4.78, 5) is 12.0. The first-order valence-electron chi connectivity index (χ1n) is 13.9. The van der Waals surface area contributed by atoms with Crippen LogP contribution < -0.4 is 0 Å². The SMILES string of the molecule is CCCCCCCCCCCCCCCCCCCCCCCC(=O)c1ccccc1. The normalized spacial score (nSPS) is 11.1. The quantitative estimate of drug-likeness (QED) is 0.125. The van der Waals surface area contributed by atoms with Crippen molar-refractivity contribution in [2.24, 2.45) is 0 Å². The second-order valence-corrected chi connectivity index (χ2v) is 9.61. The summed E-state index contributed by atoms with van der Waals surface area (Å²) in [5, 5.41) is 0. The van der Waals surface area contributed by atoms with Crippen LogP contribution in [0.25, 0.3) is 0 Å². The summed E-state index contributed by atoms with van der Waals surface area (Å²) >= 11 is 0. The van der Waals surface area contributed by atoms with Crippen molar-refractivity contribution in [3.8, 4) is 0 Å². The Balaban J connectivity index is 1.70. The summed E-state index contributed by atoms with van der Waals surface area (Å²) in [6.45, 7) is 2.29. The minimum Gasteiger partial charge on any atom is -0.294 e. The molecule has 0 radical (unpaired) electrons. The summed E-state index contributed by atoms with van der Waals surface area (Å²) in [6, 6.07) is 9.73. The van der Waals surface area contributed by atoms with E-state index >= 15 is 0 Å². The first-order chi connectivity index (χ1) is 15.3. The van der Waals surface area contributed by atoms with Crippen LogP contribution in [-0.4, -0.2) is 5.78 Å². The fourth-order valence-electron chi connectivity index (χ4n) is 4.49. The van der Waals surface area contributed by atoms with E-state index < -0.39 is 0 Å². The molecule has 0 aromatic heterocycles. The number of carbonyl (C=O) groups is 1. The van der Waals surface area contributed by atoms with Gasteiger partial charge in [-0.05, 0) is 6.42 Å². The number of benzene rings is 1. The molecule has 0 spiro atoms. The zero-order chi connectivity index (χ0) is 22.2. The molecule has 1 aromatic rings. The highest BCUT2D eigenvalue weighted by Gasteiger charge is 2.04. The Kier molecular flexibility index (Phi) is 19.9. The van der Waals surface area contributed by atoms with Crippen LogP contribution >= 0.6 is 0 Å². The Bertz CT molecular complexity index is 492. The van der Waals surface area contributed by atoms with E-state index in [-0.39, 0.29) is 0 Å². The van der Waals surface area contributed by atoms with Gasteiger partial charge in [-0.2, -0.15) is 0 Å². The Hall–Kier alpha value is -1.11. The maximum atomic E-state index is 12.0. The molecule has 0 aliphatic rings. The largest absolute Gasteiger partial charge is 0.294 e. The van der Waals surface area contributed by atoms with Gasteiger partial charge in [0.25, 0.3) is 0 Å². The molecule has 1 aromatic carbocycles. The van der Waals surface area contributed by atoms with Crippen LogP contribution in [0, 0.1) is 0 Å². The molecule has 0 saturated heterocycles. The first-order valence-corrected chi connectivity index (χ1v) is 13.9. The van der Waals surface area contributed by atoms with E-state index in [1.807, 2.05) is 30.3 Å². The molecule has 0 bridgehead atoms. The summed E-state index contributed by atoms with van der Waals surface area (Å²) in [5.41, 5.74) is 0.871. The average molecular weight is 429 g/mol. The molecule has 0 atom stereocenters. The van der Waals surface area contributed by atoms with Crippen LogP contribution in [0.1, 0.15) is 159 Å². The van der Waals surface area contributed by atoms with Crippen LogP contribution in [0.3, 0.4) is 0 Å². The first kappa shape index (κ1) is 27.9. The molecule has 0 amide bonds. The van der Waals surface area contributed by atoms with Crippen molar-refractivity contribution >= 4 is 5.78 Å². The van der Waals surface area contributed by atoms with E-state index in [0.29, 0.717) is 12.2 Å². The van der Waals surface area contributed by atoms with E-state index in [9.17, 15) is 4.79 Å². The van der Waals surface area contributed by atoms with Gasteiger partial charge in [-0.1, -0.05) is 166 Å². The van der Waals surface area contributed by atoms with Gasteiger partial charge in [-0.25, -0.2) is 0 Å². The number of rotatable bonds is 23. The number of carbonyl (C=O) groups excluding carboxylic acids is 1. The molecular formula is C30H52O. The van der Waals surface area contributed by atoms with Gasteiger partial charge in [0.2, 0.25) is 0 Å². The molecular weight excluding hydrogens is 376 g/mol. The molecule has 0 heterocycles. The van der Waals surface area contributed by atoms with Gasteiger partial charge in [0, 0.05) is 12.0 Å². The monoisotopic (exact) mass is 428 g/mol. The number of ketones is 1. The summed E-state index contributed by atoms with van der Waals surface area (Å²) < 4.78 is 0. The lowest BCUT2D eigenvalue weighted by Crippen LogP contribution is -1.98. The molecule has 0 aliphatic heterocycles. The van der Waals surface area contributed by atoms with E-state index in [2.05, 4.69) is 6.92 Å². The van der Waals surface area contributed by atoms with E-state index in [0.717, 1.165) is 12.0 Å². The molecule has 0 fully saturated rings. The maximum Gasteiger partial charge on any atom is 0.162 e. The van der Waals surface area contributed by atoms with Crippen LogP contribution in [0.15, 0.2) is 30.3 Å². The third kappa shape index (κ3) is 18.2. The highest BCUT2D eigenvalue weighted by Crippen LogP contribution is 2.15. The fourth-order valence-corrected chi connectivity index (χ4v) is 4.49. The molecule has 0 aliphatic carbocycles. The van der Waals surface area contributed by atoms with Crippen molar-refractivity contribution < 1.29 is 4.79 Å². The standard InChI is InChI=1S/C30H52O/c1-2-3-4-5-6-7-8-9-10-11-12-13-14-15-16-17-18-19-20-21-25-28-30(31)29-26-23-22-24-27-29/h22-24,26-27H,2-21,25,28H2,1H3. The van der Waals surface area contributed by atoms with E-state index in [1.54, 1.807) is 0 Å². The van der Waals surface area contributed by atoms with Crippen molar-refractivity contribution in [2.45, 2.75) is 148 Å². The molecule has 1 rings (SSSR count). The minimum absolute atomic E-state index is 0.304. The van der Waals surface area contributed by atoms with Gasteiger partial charge < -0.3 is 0 Å². The highest BCUT2D eigenvalue weighted by atomic mass is 16.1. The Morgan fingerprint density at radius 2 is 0.806 bits per heavy atom. The number of unbranched alkanes of at least 4 members (excludes halogenated alkanes) is 20. The molecule has 1 heteroatoms. The Morgan fingerprint density at radius 1 is 0.484 bits per heavy atom. The Morgan fingerprint density at radius 3 is 1.16 bits per heavy atom. The molecule has 0 saturated carbocycles. The summed E-state index contributed by atoms with van der Waals surface area (Å²) in [7, 11) is 0. The van der Waals surface area contributed by atoms with Crippen molar-refractivity contribution in [3.05, 3.63) is 35.9 Å². The predicted octanol–water partition coefficient (Wildman–Crippen LogP) is 10.5. The van der Waals surface area contributed by atoms with Crippen molar-refractivity contribution in [2.75, 3.05) is 0 Å². The van der Waals surface area contributed by atoms with Crippen LogP contribution in [0.2, 0.25) is 0 Å². The summed E-state index contributed by atoms with van der Waals surface area (Å²) in [6.07, 6.45) is 30.1. The Labute approximate surface area is 194 Å². The van der Waals surface area contributed by atoms with E-state index in [1.165, 1.54) is 128 Å². The molecule has 0 unspecified atom stereocenters. The fraction of sp³-hybridized carbons (Fsp3) is 0.767. The smallest absolute Gasteiger partial charge is 0.162 e. The molecule has 178 valence electrons. The van der Waals surface area contributed by atoms with Crippen LogP contribution in [0.5, 0.6) is 0 Å². The van der Waals surface area contributed by atoms with Gasteiger partial charge in [0.05, 0.1) is 0 Å². The topological polar surface area (TPSA) is 17.1 Å². The average Bonchev–Trinajstić information content (AvgIpc) is 2.80. The minimum atomic E-state index is 0.304. The lowest BCUT2D eigenvalue weighted by Gasteiger charge is -2.04.